The molecule has 0 spiro atoms. The number of hydrogen-bond donors (Lipinski definition) is 0. The van der Waals surface area contributed by atoms with Crippen LogP contribution < -0.4 is 4.74 Å². The predicted octanol–water partition coefficient (Wildman–Crippen LogP) is 4.01. The van der Waals surface area contributed by atoms with Crippen molar-refractivity contribution >= 4 is 29.0 Å². The SMILES string of the molecule is COc1cc(Cl)ccc1C(=O)c1c(Cl)cnn1C(C)C. The number of nitrogens with zero attached hydrogens (tertiary/aromatic N) is 2. The minimum Gasteiger partial charge on any atom is -0.496 e. The van der Waals surface area contributed by atoms with Crippen LogP contribution in [-0.4, -0.2) is 22.7 Å². The molecule has 0 atom stereocenters. The van der Waals surface area contributed by atoms with Crippen LogP contribution >= 0.6 is 23.2 Å². The van der Waals surface area contributed by atoms with Crippen LogP contribution in [-0.2, 0) is 0 Å². The fourth-order valence-electron chi connectivity index (χ4n) is 1.93. The number of halogens is 2. The molecular formula is C14H14Cl2N2O2. The molecule has 0 amide bonds. The van der Waals surface area contributed by atoms with Gasteiger partial charge in [0.05, 0.1) is 23.9 Å². The second kappa shape index (κ2) is 5.85. The normalized spacial score (nSPS) is 10.9. The predicted molar refractivity (Wildman–Crippen MR) is 79.1 cm³/mol. The van der Waals surface area contributed by atoms with Crippen molar-refractivity contribution in [3.05, 3.63) is 45.7 Å². The topological polar surface area (TPSA) is 44.1 Å². The number of ketones is 1. The van der Waals surface area contributed by atoms with E-state index in [0.717, 1.165) is 0 Å². The van der Waals surface area contributed by atoms with Crippen molar-refractivity contribution in [3.63, 3.8) is 0 Å². The zero-order valence-electron chi connectivity index (χ0n) is 11.4. The summed E-state index contributed by atoms with van der Waals surface area (Å²) in [5.74, 6) is 0.171. The Kier molecular flexibility index (Phi) is 4.35. The molecule has 0 aliphatic rings. The zero-order valence-corrected chi connectivity index (χ0v) is 12.9. The molecule has 2 aromatic rings. The van der Waals surface area contributed by atoms with Crippen LogP contribution in [0, 0.1) is 0 Å². The molecule has 4 nitrogen and oxygen atoms in total. The maximum absolute atomic E-state index is 12.7. The van der Waals surface area contributed by atoms with Crippen molar-refractivity contribution in [3.8, 4) is 5.75 Å². The van der Waals surface area contributed by atoms with E-state index in [4.69, 9.17) is 27.9 Å². The minimum atomic E-state index is -0.241. The largest absolute Gasteiger partial charge is 0.496 e. The Labute approximate surface area is 127 Å². The summed E-state index contributed by atoms with van der Waals surface area (Å²) in [5.41, 5.74) is 0.753. The van der Waals surface area contributed by atoms with Crippen LogP contribution in [0.5, 0.6) is 5.75 Å². The highest BCUT2D eigenvalue weighted by atomic mass is 35.5. The van der Waals surface area contributed by atoms with E-state index in [-0.39, 0.29) is 11.8 Å². The van der Waals surface area contributed by atoms with Gasteiger partial charge in [-0.05, 0) is 32.0 Å². The molecule has 1 heterocycles. The van der Waals surface area contributed by atoms with Crippen molar-refractivity contribution in [1.82, 2.24) is 9.78 Å². The van der Waals surface area contributed by atoms with Gasteiger partial charge in [0.1, 0.15) is 11.4 Å². The molecule has 0 unspecified atom stereocenters. The first-order chi connectivity index (χ1) is 9.45. The number of hydrogen-bond acceptors (Lipinski definition) is 3. The van der Waals surface area contributed by atoms with E-state index in [9.17, 15) is 4.79 Å². The van der Waals surface area contributed by atoms with Crippen molar-refractivity contribution in [2.24, 2.45) is 0 Å². The number of carbonyl (C=O) groups is 1. The first kappa shape index (κ1) is 14.9. The maximum Gasteiger partial charge on any atom is 0.216 e. The Morgan fingerprint density at radius 1 is 1.35 bits per heavy atom. The summed E-state index contributed by atoms with van der Waals surface area (Å²) in [4.78, 5) is 12.7. The number of benzene rings is 1. The maximum atomic E-state index is 12.7. The van der Waals surface area contributed by atoms with Crippen molar-refractivity contribution in [1.29, 1.82) is 0 Å². The van der Waals surface area contributed by atoms with E-state index in [1.165, 1.54) is 13.3 Å². The lowest BCUT2D eigenvalue weighted by Crippen LogP contribution is -2.14. The molecule has 0 aliphatic heterocycles. The summed E-state index contributed by atoms with van der Waals surface area (Å²) in [6.45, 7) is 3.86. The van der Waals surface area contributed by atoms with Gasteiger partial charge in [0.25, 0.3) is 0 Å². The summed E-state index contributed by atoms with van der Waals surface area (Å²) < 4.78 is 6.80. The van der Waals surface area contributed by atoms with Gasteiger partial charge in [-0.15, -0.1) is 0 Å². The molecule has 106 valence electrons. The molecule has 0 saturated carbocycles. The van der Waals surface area contributed by atoms with Gasteiger partial charge in [-0.25, -0.2) is 0 Å². The fraction of sp³-hybridized carbons (Fsp3) is 0.286. The molecular weight excluding hydrogens is 299 g/mol. The Bertz CT molecular complexity index is 651. The molecule has 0 fully saturated rings. The summed E-state index contributed by atoms with van der Waals surface area (Å²) in [6.07, 6.45) is 1.47. The van der Waals surface area contributed by atoms with Gasteiger partial charge in [0, 0.05) is 11.1 Å². The zero-order chi connectivity index (χ0) is 14.9. The number of aromatic nitrogens is 2. The average Bonchev–Trinajstić information content (AvgIpc) is 2.79. The van der Waals surface area contributed by atoms with Crippen molar-refractivity contribution in [2.75, 3.05) is 7.11 Å². The Morgan fingerprint density at radius 3 is 2.65 bits per heavy atom. The monoisotopic (exact) mass is 312 g/mol. The van der Waals surface area contributed by atoms with Gasteiger partial charge >= 0.3 is 0 Å². The van der Waals surface area contributed by atoms with E-state index in [1.807, 2.05) is 13.8 Å². The Hall–Kier alpha value is -1.52. The quantitative estimate of drug-likeness (QED) is 0.801. The smallest absolute Gasteiger partial charge is 0.216 e. The number of ether oxygens (including phenoxy) is 1. The third-order valence-electron chi connectivity index (χ3n) is 2.86. The second-order valence-corrected chi connectivity index (χ2v) is 5.40. The molecule has 0 radical (unpaired) electrons. The van der Waals surface area contributed by atoms with Crippen LogP contribution in [0.1, 0.15) is 35.9 Å². The van der Waals surface area contributed by atoms with Gasteiger partial charge < -0.3 is 4.74 Å². The summed E-state index contributed by atoms with van der Waals surface area (Å²) in [6, 6.07) is 4.89. The Morgan fingerprint density at radius 2 is 2.05 bits per heavy atom. The minimum absolute atomic E-state index is 0.0275. The summed E-state index contributed by atoms with van der Waals surface area (Å²) >= 11 is 12.0. The van der Waals surface area contributed by atoms with Gasteiger partial charge in [-0.3, -0.25) is 9.48 Å². The molecule has 0 saturated heterocycles. The van der Waals surface area contributed by atoms with E-state index >= 15 is 0 Å². The third kappa shape index (κ3) is 2.67. The highest BCUT2D eigenvalue weighted by Gasteiger charge is 2.23. The van der Waals surface area contributed by atoms with Crippen LogP contribution in [0.25, 0.3) is 0 Å². The lowest BCUT2D eigenvalue weighted by atomic mass is 10.1. The van der Waals surface area contributed by atoms with Crippen LogP contribution in [0.2, 0.25) is 10.0 Å². The van der Waals surface area contributed by atoms with Gasteiger partial charge in [-0.1, -0.05) is 23.2 Å². The molecule has 6 heteroatoms. The average molecular weight is 313 g/mol. The van der Waals surface area contributed by atoms with E-state index in [0.29, 0.717) is 27.1 Å². The lowest BCUT2D eigenvalue weighted by molar-refractivity contribution is 0.102. The van der Waals surface area contributed by atoms with Gasteiger partial charge in [-0.2, -0.15) is 5.10 Å². The number of rotatable bonds is 4. The second-order valence-electron chi connectivity index (χ2n) is 4.55. The third-order valence-corrected chi connectivity index (χ3v) is 3.37. The number of carbonyl (C=O) groups excluding carboxylic acids is 1. The van der Waals surface area contributed by atoms with Gasteiger partial charge in [0.15, 0.2) is 0 Å². The molecule has 1 aromatic heterocycles. The van der Waals surface area contributed by atoms with E-state index < -0.39 is 0 Å². The molecule has 2 rings (SSSR count). The van der Waals surface area contributed by atoms with Crippen LogP contribution in [0.15, 0.2) is 24.4 Å². The highest BCUT2D eigenvalue weighted by Crippen LogP contribution is 2.28. The van der Waals surface area contributed by atoms with Gasteiger partial charge in [0.2, 0.25) is 5.78 Å². The van der Waals surface area contributed by atoms with E-state index in [2.05, 4.69) is 5.10 Å². The van der Waals surface area contributed by atoms with Crippen LogP contribution in [0.3, 0.4) is 0 Å². The molecule has 0 N–H and O–H groups in total. The highest BCUT2D eigenvalue weighted by molar-refractivity contribution is 6.35. The number of methoxy groups -OCH3 is 1. The lowest BCUT2D eigenvalue weighted by Gasteiger charge is -2.12. The first-order valence-electron chi connectivity index (χ1n) is 6.07. The van der Waals surface area contributed by atoms with Crippen molar-refractivity contribution < 1.29 is 9.53 Å². The fourth-order valence-corrected chi connectivity index (χ4v) is 2.30. The Balaban J connectivity index is 2.55. The molecule has 20 heavy (non-hydrogen) atoms. The summed E-state index contributed by atoms with van der Waals surface area (Å²) in [7, 11) is 1.49. The standard InChI is InChI=1S/C14H14Cl2N2O2/c1-8(2)18-13(11(16)7-17-18)14(19)10-5-4-9(15)6-12(10)20-3/h4-8H,1-3H3. The molecule has 0 bridgehead atoms. The first-order valence-corrected chi connectivity index (χ1v) is 6.82. The summed E-state index contributed by atoms with van der Waals surface area (Å²) in [5, 5.41) is 4.95. The van der Waals surface area contributed by atoms with Crippen LogP contribution in [0.4, 0.5) is 0 Å². The molecule has 1 aromatic carbocycles. The van der Waals surface area contributed by atoms with E-state index in [1.54, 1.807) is 22.9 Å². The molecule has 0 aliphatic carbocycles. The van der Waals surface area contributed by atoms with Crippen molar-refractivity contribution in [2.45, 2.75) is 19.9 Å².